The Kier molecular flexibility index (Phi) is 9.35. The van der Waals surface area contributed by atoms with Crippen LogP contribution in [0.2, 0.25) is 0 Å². The maximum Gasteiger partial charge on any atom is 0.290 e. The van der Waals surface area contributed by atoms with Gasteiger partial charge in [-0.2, -0.15) is 19.0 Å². The molecule has 3 heterocycles. The maximum atomic E-state index is 14.8. The number of hydrogen-bond donors (Lipinski definition) is 2. The molecule has 6 rings (SSSR count). The molecule has 0 bridgehead atoms. The van der Waals surface area contributed by atoms with Crippen molar-refractivity contribution < 1.29 is 31.1 Å². The predicted octanol–water partition coefficient (Wildman–Crippen LogP) is 6.99. The number of alkyl halides is 4. The molecule has 1 amide bonds. The van der Waals surface area contributed by atoms with E-state index in [9.17, 15) is 31.1 Å². The summed E-state index contributed by atoms with van der Waals surface area (Å²) in [5, 5.41) is 12.3. The Morgan fingerprint density at radius 3 is 2.52 bits per heavy atom. The maximum absolute atomic E-state index is 14.8. The molecule has 9 nitrogen and oxygen atoms in total. The molecule has 1 aliphatic rings. The van der Waals surface area contributed by atoms with E-state index in [2.05, 4.69) is 25.2 Å². The van der Waals surface area contributed by atoms with Gasteiger partial charge in [-0.3, -0.25) is 19.1 Å². The van der Waals surface area contributed by atoms with E-state index >= 15 is 0 Å². The zero-order valence-corrected chi connectivity index (χ0v) is 27.3. The van der Waals surface area contributed by atoms with Gasteiger partial charge in [0.2, 0.25) is 5.91 Å². The predicted molar refractivity (Wildman–Crippen MR) is 171 cm³/mol. The molecule has 5 aromatic rings. The Morgan fingerprint density at radius 1 is 1.08 bits per heavy atom. The normalized spacial score (nSPS) is 14.5. The van der Waals surface area contributed by atoms with Crippen molar-refractivity contribution in [2.45, 2.75) is 49.2 Å². The number of amides is 1. The van der Waals surface area contributed by atoms with Gasteiger partial charge in [0.25, 0.3) is 12.3 Å². The van der Waals surface area contributed by atoms with Crippen LogP contribution in [0.1, 0.15) is 47.1 Å². The molecule has 2 N–H and O–H groups in total. The monoisotopic (exact) mass is 706 g/mol. The lowest BCUT2D eigenvalue weighted by Crippen LogP contribution is -2.35. The van der Waals surface area contributed by atoms with Gasteiger partial charge < -0.3 is 10.0 Å². The minimum atomic E-state index is -3.45. The first-order chi connectivity index (χ1) is 22.9. The number of thioether (sulfide) groups is 1. The molecule has 0 saturated carbocycles. The largest absolute Gasteiger partial charge is 0.346 e. The molecule has 1 unspecified atom stereocenters. The molecule has 1 atom stereocenters. The molecule has 17 heteroatoms. The molecule has 0 radical (unpaired) electrons. The smallest absolute Gasteiger partial charge is 0.290 e. The van der Waals surface area contributed by atoms with Crippen LogP contribution in [-0.4, -0.2) is 47.9 Å². The highest BCUT2D eigenvalue weighted by molar-refractivity contribution is 7.99. The van der Waals surface area contributed by atoms with Gasteiger partial charge in [-0.25, -0.2) is 22.5 Å². The van der Waals surface area contributed by atoms with Gasteiger partial charge in [-0.15, -0.1) is 11.8 Å². The van der Waals surface area contributed by atoms with Crippen LogP contribution in [0, 0.1) is 11.6 Å². The lowest BCUT2D eigenvalue weighted by Gasteiger charge is -2.22. The number of nitrogens with one attached hydrogen (secondary N) is 2. The van der Waals surface area contributed by atoms with Crippen LogP contribution >= 0.6 is 23.7 Å². The highest BCUT2D eigenvalue weighted by atomic mass is 32.2. The second-order valence-electron chi connectivity index (χ2n) is 11.1. The Balaban J connectivity index is 1.45. The first-order valence-corrected chi connectivity index (χ1v) is 17.0. The third-order valence-electron chi connectivity index (χ3n) is 7.95. The van der Waals surface area contributed by atoms with Crippen LogP contribution in [0.5, 0.6) is 0 Å². The molecule has 2 aromatic carbocycles. The van der Waals surface area contributed by atoms with Crippen LogP contribution in [0.3, 0.4) is 0 Å². The molecular weight excluding hydrogens is 679 g/mol. The standard InChI is InChI=1S/C31H28F6N8OS2/c1-44-27-18(5-4-6-20(27)30(42-44)43-48-3)24-26(38-13-23(40-24)47-2)21(11-15-9-16(32)12-17(33)10-15)39-22(46)14-45-28-19(7-8-31(28,36)37)25(41-45)29(34)35/h4-6,9-10,12-13,21,29H,7-8,11,14H2,1-3H3,(H,39,46)(H,42,43). The number of carbonyl (C=O) groups excluding carboxylic acids is 1. The van der Waals surface area contributed by atoms with Crippen LogP contribution in [-0.2, 0) is 37.2 Å². The van der Waals surface area contributed by atoms with Gasteiger partial charge in [0.05, 0.1) is 29.1 Å². The number of hydrogen-bond acceptors (Lipinski definition) is 8. The minimum Gasteiger partial charge on any atom is -0.346 e. The third kappa shape index (κ3) is 6.44. The topological polar surface area (TPSA) is 103 Å². The number of fused-ring (bicyclic) bond motifs is 2. The Morgan fingerprint density at radius 2 is 1.83 bits per heavy atom. The zero-order chi connectivity index (χ0) is 34.3. The second kappa shape index (κ2) is 13.3. The van der Waals surface area contributed by atoms with Gasteiger partial charge in [-0.05, 0) is 42.9 Å². The highest BCUT2D eigenvalue weighted by Crippen LogP contribution is 2.45. The molecule has 3 aromatic heterocycles. The summed E-state index contributed by atoms with van der Waals surface area (Å²) in [7, 11) is 1.75. The Hall–Kier alpha value is -4.25. The van der Waals surface area contributed by atoms with Gasteiger partial charge in [0, 0.05) is 42.3 Å². The van der Waals surface area contributed by atoms with Crippen molar-refractivity contribution in [1.29, 1.82) is 0 Å². The van der Waals surface area contributed by atoms with Gasteiger partial charge in [-0.1, -0.05) is 24.1 Å². The lowest BCUT2D eigenvalue weighted by molar-refractivity contribution is -0.122. The van der Waals surface area contributed by atoms with E-state index in [4.69, 9.17) is 4.98 Å². The van der Waals surface area contributed by atoms with Crippen molar-refractivity contribution in [3.05, 3.63) is 82.4 Å². The fourth-order valence-electron chi connectivity index (χ4n) is 6.05. The summed E-state index contributed by atoms with van der Waals surface area (Å²) in [5.41, 5.74) is 0.194. The average molecular weight is 707 g/mol. The zero-order valence-electron chi connectivity index (χ0n) is 25.7. The number of carbonyl (C=O) groups is 1. The quantitative estimate of drug-likeness (QED) is 0.0861. The van der Waals surface area contributed by atoms with Crippen molar-refractivity contribution in [2.75, 3.05) is 17.2 Å². The van der Waals surface area contributed by atoms with E-state index in [1.54, 1.807) is 30.1 Å². The summed E-state index contributed by atoms with van der Waals surface area (Å²) >= 11 is 2.68. The SMILES string of the molecule is CSNc1nn(C)c2c(-c3nc(SC)cnc3C(Cc3cc(F)cc(F)c3)NC(=O)Cn3nc(C(F)F)c4c3C(F)(F)CC4)cccc12. The van der Waals surface area contributed by atoms with Crippen LogP contribution in [0.15, 0.2) is 47.6 Å². The third-order valence-corrected chi connectivity index (χ3v) is 8.96. The van der Waals surface area contributed by atoms with E-state index in [0.717, 1.165) is 17.5 Å². The van der Waals surface area contributed by atoms with Crippen LogP contribution in [0.25, 0.3) is 22.2 Å². The van der Waals surface area contributed by atoms with Crippen molar-refractivity contribution >= 4 is 46.3 Å². The first-order valence-electron chi connectivity index (χ1n) is 14.6. The molecule has 252 valence electrons. The fourth-order valence-corrected chi connectivity index (χ4v) is 6.74. The van der Waals surface area contributed by atoms with E-state index in [0.29, 0.717) is 38.4 Å². The fraction of sp³-hybridized carbons (Fsp3) is 0.323. The van der Waals surface area contributed by atoms with E-state index in [-0.39, 0.29) is 29.7 Å². The minimum absolute atomic E-state index is 0.163. The number of halogens is 6. The molecule has 0 saturated heterocycles. The number of anilines is 1. The number of aryl methyl sites for hydroxylation is 1. The summed E-state index contributed by atoms with van der Waals surface area (Å²) in [6.45, 7) is -0.814. The summed E-state index contributed by atoms with van der Waals surface area (Å²) in [4.78, 5) is 23.1. The van der Waals surface area contributed by atoms with Crippen molar-refractivity contribution in [3.63, 3.8) is 0 Å². The van der Waals surface area contributed by atoms with Crippen LogP contribution in [0.4, 0.5) is 32.2 Å². The van der Waals surface area contributed by atoms with Crippen molar-refractivity contribution in [3.8, 4) is 11.3 Å². The number of benzene rings is 2. The van der Waals surface area contributed by atoms with Crippen molar-refractivity contribution in [1.82, 2.24) is 34.8 Å². The molecule has 1 aliphatic carbocycles. The number of nitrogens with zero attached hydrogens (tertiary/aromatic N) is 6. The molecule has 0 fully saturated rings. The second-order valence-corrected chi connectivity index (χ2v) is 12.5. The van der Waals surface area contributed by atoms with E-state index in [1.165, 1.54) is 29.9 Å². The Bertz CT molecular complexity index is 2000. The van der Waals surface area contributed by atoms with E-state index in [1.807, 2.05) is 12.3 Å². The molecular formula is C31H28F6N8OS2. The lowest BCUT2D eigenvalue weighted by atomic mass is 9.97. The number of rotatable bonds is 11. The molecule has 0 aliphatic heterocycles. The van der Waals surface area contributed by atoms with Gasteiger partial charge >= 0.3 is 0 Å². The summed E-state index contributed by atoms with van der Waals surface area (Å²) in [6.07, 6.45) is 0.869. The molecule has 48 heavy (non-hydrogen) atoms. The first kappa shape index (κ1) is 33.6. The highest BCUT2D eigenvalue weighted by Gasteiger charge is 2.46. The summed E-state index contributed by atoms with van der Waals surface area (Å²) < 4.78 is 91.0. The summed E-state index contributed by atoms with van der Waals surface area (Å²) in [5.74, 6) is -5.41. The number of para-hydroxylation sites is 1. The van der Waals surface area contributed by atoms with Gasteiger partial charge in [0.1, 0.15) is 34.6 Å². The molecule has 0 spiro atoms. The van der Waals surface area contributed by atoms with E-state index < -0.39 is 60.3 Å². The average Bonchev–Trinajstić information content (AvgIpc) is 3.67. The van der Waals surface area contributed by atoms with Crippen molar-refractivity contribution in [2.24, 2.45) is 7.05 Å². The van der Waals surface area contributed by atoms with Crippen LogP contribution < -0.4 is 10.0 Å². The van der Waals surface area contributed by atoms with Gasteiger partial charge in [0.15, 0.2) is 5.82 Å². The summed E-state index contributed by atoms with van der Waals surface area (Å²) in [6, 6.07) is 7.27. The Labute approximate surface area is 279 Å². The number of aromatic nitrogens is 6.